The maximum atomic E-state index is 12.9. The molecule has 102 valence electrons. The Labute approximate surface area is 127 Å². The number of fused-ring (bicyclic) bond motifs is 3. The molecule has 0 bridgehead atoms. The lowest BCUT2D eigenvalue weighted by Gasteiger charge is -2.19. The largest absolute Gasteiger partial charge is 0.289 e. The van der Waals surface area contributed by atoms with Crippen LogP contribution >= 0.6 is 0 Å². The number of benzene rings is 3. The third-order valence-electron chi connectivity index (χ3n) is 4.37. The minimum Gasteiger partial charge on any atom is -0.289 e. The van der Waals surface area contributed by atoms with Crippen molar-refractivity contribution in [2.24, 2.45) is 0 Å². The zero-order valence-corrected chi connectivity index (χ0v) is 11.7. The highest BCUT2D eigenvalue weighted by Gasteiger charge is 2.26. The number of carbonyl (C=O) groups is 1. The van der Waals surface area contributed by atoms with E-state index in [4.69, 9.17) is 4.98 Å². The van der Waals surface area contributed by atoms with E-state index < -0.39 is 0 Å². The average Bonchev–Trinajstić information content (AvgIpc) is 2.58. The van der Waals surface area contributed by atoms with Crippen LogP contribution in [0.4, 0.5) is 0 Å². The van der Waals surface area contributed by atoms with Gasteiger partial charge in [-0.1, -0.05) is 54.6 Å². The van der Waals surface area contributed by atoms with Crippen LogP contribution in [0.3, 0.4) is 0 Å². The molecule has 0 saturated carbocycles. The molecule has 1 heterocycles. The maximum Gasteiger partial charge on any atom is 0.195 e. The molecule has 3 aromatic carbocycles. The third-order valence-corrected chi connectivity index (χ3v) is 4.37. The van der Waals surface area contributed by atoms with Gasteiger partial charge >= 0.3 is 0 Å². The van der Waals surface area contributed by atoms with Gasteiger partial charge in [0.15, 0.2) is 5.78 Å². The second-order valence-electron chi connectivity index (χ2n) is 5.62. The molecule has 0 radical (unpaired) electrons. The van der Waals surface area contributed by atoms with Crippen LogP contribution in [0.25, 0.3) is 32.9 Å². The predicted molar refractivity (Wildman–Crippen MR) is 88.1 cm³/mol. The summed E-state index contributed by atoms with van der Waals surface area (Å²) in [5.74, 6) is 0.0672. The van der Waals surface area contributed by atoms with Gasteiger partial charge in [-0.15, -0.1) is 0 Å². The van der Waals surface area contributed by atoms with E-state index in [0.29, 0.717) is 5.56 Å². The SMILES string of the molecule is O=C1c2cc3ccccc3nc2-c2cccc3cccc1c23. The molecule has 0 N–H and O–H groups in total. The van der Waals surface area contributed by atoms with Crippen LogP contribution in [0.15, 0.2) is 66.7 Å². The van der Waals surface area contributed by atoms with E-state index in [9.17, 15) is 4.79 Å². The number of hydrogen-bond donors (Lipinski definition) is 0. The summed E-state index contributed by atoms with van der Waals surface area (Å²) in [6, 6.07) is 21.9. The van der Waals surface area contributed by atoms with Gasteiger partial charge in [-0.25, -0.2) is 4.98 Å². The van der Waals surface area contributed by atoms with Crippen LogP contribution in [0, 0.1) is 0 Å². The lowest BCUT2D eigenvalue weighted by Crippen LogP contribution is -2.11. The van der Waals surface area contributed by atoms with Gasteiger partial charge in [0.05, 0.1) is 11.2 Å². The van der Waals surface area contributed by atoms with Crippen molar-refractivity contribution in [2.75, 3.05) is 0 Å². The molecule has 0 aliphatic heterocycles. The Morgan fingerprint density at radius 3 is 2.27 bits per heavy atom. The summed E-state index contributed by atoms with van der Waals surface area (Å²) in [6.45, 7) is 0. The highest BCUT2D eigenvalue weighted by Crippen LogP contribution is 2.39. The van der Waals surface area contributed by atoms with Crippen molar-refractivity contribution in [3.63, 3.8) is 0 Å². The van der Waals surface area contributed by atoms with Gasteiger partial charge in [0, 0.05) is 27.5 Å². The summed E-state index contributed by atoms with van der Waals surface area (Å²) in [7, 11) is 0. The first-order valence-corrected chi connectivity index (χ1v) is 7.29. The van der Waals surface area contributed by atoms with Gasteiger partial charge in [-0.3, -0.25) is 4.79 Å². The van der Waals surface area contributed by atoms with Gasteiger partial charge in [-0.2, -0.15) is 0 Å². The van der Waals surface area contributed by atoms with Crippen molar-refractivity contribution in [1.82, 2.24) is 4.98 Å². The van der Waals surface area contributed by atoms with E-state index >= 15 is 0 Å². The molecule has 1 aromatic heterocycles. The molecule has 2 heteroatoms. The number of carbonyl (C=O) groups excluding carboxylic acids is 1. The number of para-hydroxylation sites is 1. The van der Waals surface area contributed by atoms with Gasteiger partial charge in [0.25, 0.3) is 0 Å². The molecule has 5 rings (SSSR count). The summed E-state index contributed by atoms with van der Waals surface area (Å²) in [5, 5.41) is 3.11. The quantitative estimate of drug-likeness (QED) is 0.415. The maximum absolute atomic E-state index is 12.9. The summed E-state index contributed by atoms with van der Waals surface area (Å²) in [5.41, 5.74) is 4.24. The number of pyridine rings is 1. The summed E-state index contributed by atoms with van der Waals surface area (Å²) < 4.78 is 0. The summed E-state index contributed by atoms with van der Waals surface area (Å²) >= 11 is 0. The Kier molecular flexibility index (Phi) is 2.12. The highest BCUT2D eigenvalue weighted by molar-refractivity contribution is 6.26. The molecular formula is C20H11NO. The van der Waals surface area contributed by atoms with Gasteiger partial charge in [0.1, 0.15) is 0 Å². The minimum absolute atomic E-state index is 0.0672. The van der Waals surface area contributed by atoms with E-state index in [1.807, 2.05) is 60.7 Å². The first-order valence-electron chi connectivity index (χ1n) is 7.29. The van der Waals surface area contributed by atoms with Crippen LogP contribution in [0.5, 0.6) is 0 Å². The average molecular weight is 281 g/mol. The Hall–Kier alpha value is -3.00. The van der Waals surface area contributed by atoms with Crippen LogP contribution in [-0.4, -0.2) is 10.8 Å². The second kappa shape index (κ2) is 4.01. The van der Waals surface area contributed by atoms with Crippen molar-refractivity contribution in [2.45, 2.75) is 0 Å². The zero-order chi connectivity index (χ0) is 14.7. The smallest absolute Gasteiger partial charge is 0.195 e. The monoisotopic (exact) mass is 281 g/mol. The van der Waals surface area contributed by atoms with E-state index in [-0.39, 0.29) is 5.78 Å². The first kappa shape index (κ1) is 11.6. The normalized spacial score (nSPS) is 12.6. The minimum atomic E-state index is 0.0672. The van der Waals surface area contributed by atoms with Crippen molar-refractivity contribution in [3.05, 3.63) is 77.9 Å². The second-order valence-corrected chi connectivity index (χ2v) is 5.62. The number of nitrogens with zero attached hydrogens (tertiary/aromatic N) is 1. The molecule has 0 unspecified atom stereocenters. The Balaban J connectivity index is 2.01. The topological polar surface area (TPSA) is 30.0 Å². The molecular weight excluding hydrogens is 270 g/mol. The lowest BCUT2D eigenvalue weighted by molar-refractivity contribution is 0.104. The molecule has 1 aliphatic rings. The van der Waals surface area contributed by atoms with E-state index in [1.54, 1.807) is 0 Å². The van der Waals surface area contributed by atoms with E-state index in [2.05, 4.69) is 6.07 Å². The van der Waals surface area contributed by atoms with Crippen LogP contribution in [-0.2, 0) is 0 Å². The molecule has 0 amide bonds. The number of ketones is 1. The van der Waals surface area contributed by atoms with Crippen molar-refractivity contribution >= 4 is 27.5 Å². The fourth-order valence-corrected chi connectivity index (χ4v) is 3.37. The van der Waals surface area contributed by atoms with Gasteiger partial charge in [-0.05, 0) is 17.5 Å². The van der Waals surface area contributed by atoms with Crippen molar-refractivity contribution < 1.29 is 4.79 Å². The fourth-order valence-electron chi connectivity index (χ4n) is 3.37. The third kappa shape index (κ3) is 1.39. The Morgan fingerprint density at radius 1 is 0.682 bits per heavy atom. The number of aromatic nitrogens is 1. The van der Waals surface area contributed by atoms with Gasteiger partial charge in [0.2, 0.25) is 0 Å². The standard InChI is InChI=1S/C20H11NO/c22-20-15-9-4-7-12-6-3-8-14(18(12)15)19-16(20)11-13-5-1-2-10-17(13)21-19/h1-11H. The summed E-state index contributed by atoms with van der Waals surface area (Å²) in [4.78, 5) is 17.7. The molecule has 22 heavy (non-hydrogen) atoms. The molecule has 4 aromatic rings. The molecule has 0 fully saturated rings. The van der Waals surface area contributed by atoms with Crippen LogP contribution < -0.4 is 0 Å². The van der Waals surface area contributed by atoms with E-state index in [1.165, 1.54) is 0 Å². The predicted octanol–water partition coefficient (Wildman–Crippen LogP) is 4.60. The number of rotatable bonds is 0. The number of hydrogen-bond acceptors (Lipinski definition) is 2. The molecule has 0 spiro atoms. The Bertz CT molecular complexity index is 1090. The zero-order valence-electron chi connectivity index (χ0n) is 11.7. The lowest BCUT2D eigenvalue weighted by atomic mass is 9.85. The van der Waals surface area contributed by atoms with Crippen LogP contribution in [0.1, 0.15) is 15.9 Å². The van der Waals surface area contributed by atoms with Gasteiger partial charge < -0.3 is 0 Å². The molecule has 0 saturated heterocycles. The molecule has 1 aliphatic carbocycles. The highest BCUT2D eigenvalue weighted by atomic mass is 16.1. The fraction of sp³-hybridized carbons (Fsp3) is 0. The van der Waals surface area contributed by atoms with Crippen molar-refractivity contribution in [3.8, 4) is 11.3 Å². The molecule has 2 nitrogen and oxygen atoms in total. The summed E-state index contributed by atoms with van der Waals surface area (Å²) in [6.07, 6.45) is 0. The Morgan fingerprint density at radius 2 is 1.41 bits per heavy atom. The first-order chi connectivity index (χ1) is 10.8. The van der Waals surface area contributed by atoms with Crippen LogP contribution in [0.2, 0.25) is 0 Å². The molecule has 0 atom stereocenters. The van der Waals surface area contributed by atoms with E-state index in [0.717, 1.165) is 38.5 Å². The van der Waals surface area contributed by atoms with Crippen molar-refractivity contribution in [1.29, 1.82) is 0 Å².